The van der Waals surface area contributed by atoms with Gasteiger partial charge in [-0.05, 0) is 19.3 Å². The smallest absolute Gasteiger partial charge is 0.347 e. The summed E-state index contributed by atoms with van der Waals surface area (Å²) in [6.45, 7) is 1.77. The van der Waals surface area contributed by atoms with E-state index in [1.54, 1.807) is 18.7 Å². The maximum Gasteiger partial charge on any atom is 0.347 e. The minimum atomic E-state index is -0.857. The molecule has 0 saturated heterocycles. The lowest BCUT2D eigenvalue weighted by Gasteiger charge is -2.20. The van der Waals surface area contributed by atoms with Crippen molar-refractivity contribution >= 4 is 29.1 Å². The number of hydrogen-bond acceptors (Lipinski definition) is 4. The summed E-state index contributed by atoms with van der Waals surface area (Å²) in [5, 5.41) is 8.97. The van der Waals surface area contributed by atoms with E-state index < -0.39 is 5.97 Å². The van der Waals surface area contributed by atoms with Crippen LogP contribution >= 0.6 is 23.1 Å². The molecule has 3 nitrogen and oxygen atoms in total. The summed E-state index contributed by atoms with van der Waals surface area (Å²) in [5.41, 5.74) is 0.646. The van der Waals surface area contributed by atoms with E-state index in [1.165, 1.54) is 49.9 Å². The van der Waals surface area contributed by atoms with Gasteiger partial charge >= 0.3 is 5.97 Å². The highest BCUT2D eigenvalue weighted by Crippen LogP contribution is 2.31. The van der Waals surface area contributed by atoms with Gasteiger partial charge in [-0.25, -0.2) is 9.78 Å². The molecule has 100 valence electrons. The third-order valence-corrected chi connectivity index (χ3v) is 5.77. The first-order valence-electron chi connectivity index (χ1n) is 6.50. The fourth-order valence-electron chi connectivity index (χ4n) is 2.42. The zero-order valence-corrected chi connectivity index (χ0v) is 12.3. The number of carboxylic acids is 1. The maximum absolute atomic E-state index is 10.9. The Labute approximate surface area is 116 Å². The van der Waals surface area contributed by atoms with Gasteiger partial charge in [-0.1, -0.05) is 43.9 Å². The maximum atomic E-state index is 10.9. The lowest BCUT2D eigenvalue weighted by molar-refractivity contribution is 0.0701. The van der Waals surface area contributed by atoms with Crippen molar-refractivity contribution in [2.75, 3.05) is 5.75 Å². The molecular formula is C13H19NO2S2. The van der Waals surface area contributed by atoms with Crippen molar-refractivity contribution in [2.24, 2.45) is 5.92 Å². The monoisotopic (exact) mass is 285 g/mol. The van der Waals surface area contributed by atoms with Crippen LogP contribution in [0.5, 0.6) is 0 Å². The van der Waals surface area contributed by atoms with Crippen molar-refractivity contribution in [3.05, 3.63) is 10.6 Å². The third kappa shape index (κ3) is 3.72. The SMILES string of the molecule is Cc1nc(SCCC2CCCCC2)sc1C(=O)O. The van der Waals surface area contributed by atoms with Crippen molar-refractivity contribution in [3.8, 4) is 0 Å². The molecule has 5 heteroatoms. The van der Waals surface area contributed by atoms with Crippen LogP contribution < -0.4 is 0 Å². The number of nitrogens with zero attached hydrogens (tertiary/aromatic N) is 1. The van der Waals surface area contributed by atoms with Gasteiger partial charge < -0.3 is 5.11 Å². The molecule has 0 aliphatic heterocycles. The summed E-state index contributed by atoms with van der Waals surface area (Å²) in [5.74, 6) is 1.09. The summed E-state index contributed by atoms with van der Waals surface area (Å²) in [4.78, 5) is 15.6. The topological polar surface area (TPSA) is 50.2 Å². The lowest BCUT2D eigenvalue weighted by atomic mass is 9.88. The summed E-state index contributed by atoms with van der Waals surface area (Å²) >= 11 is 3.02. The average molecular weight is 285 g/mol. The van der Waals surface area contributed by atoms with Gasteiger partial charge in [-0.2, -0.15) is 0 Å². The second kappa shape index (κ2) is 6.57. The standard InChI is InChI=1S/C13H19NO2S2/c1-9-11(12(15)16)18-13(14-9)17-8-7-10-5-3-2-4-6-10/h10H,2-8H2,1H3,(H,15,16). The third-order valence-electron chi connectivity index (χ3n) is 3.45. The van der Waals surface area contributed by atoms with E-state index in [9.17, 15) is 4.79 Å². The summed E-state index contributed by atoms with van der Waals surface area (Å²) in [6, 6.07) is 0. The van der Waals surface area contributed by atoms with Gasteiger partial charge in [-0.15, -0.1) is 11.3 Å². The number of carboxylic acid groups (broad SMARTS) is 1. The molecule has 0 aromatic carbocycles. The van der Waals surface area contributed by atoms with Crippen LogP contribution in [0, 0.1) is 12.8 Å². The van der Waals surface area contributed by atoms with Gasteiger partial charge in [0.2, 0.25) is 0 Å². The normalized spacial score (nSPS) is 16.9. The Morgan fingerprint density at radius 1 is 1.44 bits per heavy atom. The first kappa shape index (κ1) is 13.9. The van der Waals surface area contributed by atoms with Gasteiger partial charge in [0, 0.05) is 5.75 Å². The Balaban J connectivity index is 1.79. The van der Waals surface area contributed by atoms with Crippen LogP contribution in [-0.2, 0) is 0 Å². The van der Waals surface area contributed by atoms with E-state index in [0.29, 0.717) is 10.6 Å². The van der Waals surface area contributed by atoms with Crippen molar-refractivity contribution in [1.29, 1.82) is 0 Å². The highest BCUT2D eigenvalue weighted by molar-refractivity contribution is 8.01. The fraction of sp³-hybridized carbons (Fsp3) is 0.692. The minimum absolute atomic E-state index is 0.384. The van der Waals surface area contributed by atoms with E-state index in [1.807, 2.05) is 0 Å². The predicted octanol–water partition coefficient (Wildman–Crippen LogP) is 4.21. The predicted molar refractivity (Wildman–Crippen MR) is 75.7 cm³/mol. The Bertz CT molecular complexity index is 411. The average Bonchev–Trinajstić information content (AvgIpc) is 2.72. The number of thioether (sulfide) groups is 1. The molecule has 1 aliphatic carbocycles. The van der Waals surface area contributed by atoms with Crippen LogP contribution in [0.15, 0.2) is 4.34 Å². The number of aryl methyl sites for hydroxylation is 1. The highest BCUT2D eigenvalue weighted by atomic mass is 32.2. The molecule has 0 atom stereocenters. The number of hydrogen-bond donors (Lipinski definition) is 1. The first-order valence-corrected chi connectivity index (χ1v) is 8.30. The molecule has 1 aromatic heterocycles. The largest absolute Gasteiger partial charge is 0.477 e. The number of aromatic nitrogens is 1. The molecule has 18 heavy (non-hydrogen) atoms. The van der Waals surface area contributed by atoms with Gasteiger partial charge in [0.05, 0.1) is 5.69 Å². The highest BCUT2D eigenvalue weighted by Gasteiger charge is 2.16. The zero-order valence-electron chi connectivity index (χ0n) is 10.6. The first-order chi connectivity index (χ1) is 8.66. The number of thiazole rings is 1. The zero-order chi connectivity index (χ0) is 13.0. The number of aromatic carboxylic acids is 1. The van der Waals surface area contributed by atoms with Crippen LogP contribution in [0.2, 0.25) is 0 Å². The lowest BCUT2D eigenvalue weighted by Crippen LogP contribution is -2.06. The molecule has 0 amide bonds. The van der Waals surface area contributed by atoms with E-state index >= 15 is 0 Å². The van der Waals surface area contributed by atoms with Crippen molar-refractivity contribution in [2.45, 2.75) is 49.8 Å². The molecule has 1 aromatic rings. The quantitative estimate of drug-likeness (QED) is 0.823. The Morgan fingerprint density at radius 2 is 2.17 bits per heavy atom. The van der Waals surface area contributed by atoms with Crippen LogP contribution in [0.1, 0.15) is 53.9 Å². The Kier molecular flexibility index (Phi) is 5.06. The summed E-state index contributed by atoms with van der Waals surface area (Å²) in [7, 11) is 0. The van der Waals surface area contributed by atoms with Gasteiger partial charge in [0.15, 0.2) is 4.34 Å². The van der Waals surface area contributed by atoms with Gasteiger partial charge in [-0.3, -0.25) is 0 Å². The van der Waals surface area contributed by atoms with E-state index in [4.69, 9.17) is 5.11 Å². The second-order valence-corrected chi connectivity index (χ2v) is 7.18. The molecule has 0 bridgehead atoms. The van der Waals surface area contributed by atoms with E-state index in [2.05, 4.69) is 4.98 Å². The van der Waals surface area contributed by atoms with Crippen molar-refractivity contribution in [3.63, 3.8) is 0 Å². The van der Waals surface area contributed by atoms with Gasteiger partial charge in [0.25, 0.3) is 0 Å². The van der Waals surface area contributed by atoms with E-state index in [0.717, 1.165) is 16.0 Å². The molecule has 0 radical (unpaired) electrons. The Morgan fingerprint density at radius 3 is 2.78 bits per heavy atom. The molecule has 1 aliphatic rings. The fourth-order valence-corrected chi connectivity index (χ4v) is 4.62. The minimum Gasteiger partial charge on any atom is -0.477 e. The van der Waals surface area contributed by atoms with Crippen LogP contribution in [0.3, 0.4) is 0 Å². The molecule has 1 N–H and O–H groups in total. The molecule has 1 saturated carbocycles. The van der Waals surface area contributed by atoms with E-state index in [-0.39, 0.29) is 0 Å². The summed E-state index contributed by atoms with van der Waals surface area (Å²) in [6.07, 6.45) is 8.16. The molecular weight excluding hydrogens is 266 g/mol. The summed E-state index contributed by atoms with van der Waals surface area (Å²) < 4.78 is 0.903. The number of rotatable bonds is 5. The van der Waals surface area contributed by atoms with Crippen LogP contribution in [-0.4, -0.2) is 21.8 Å². The van der Waals surface area contributed by atoms with Crippen LogP contribution in [0.25, 0.3) is 0 Å². The molecule has 0 unspecified atom stereocenters. The van der Waals surface area contributed by atoms with Crippen molar-refractivity contribution in [1.82, 2.24) is 4.98 Å². The molecule has 0 spiro atoms. The number of carbonyl (C=O) groups is 1. The van der Waals surface area contributed by atoms with Gasteiger partial charge in [0.1, 0.15) is 4.88 Å². The second-order valence-electron chi connectivity index (χ2n) is 4.84. The molecule has 1 fully saturated rings. The van der Waals surface area contributed by atoms with Crippen molar-refractivity contribution < 1.29 is 9.90 Å². The Hall–Kier alpha value is -0.550. The van der Waals surface area contributed by atoms with Crippen LogP contribution in [0.4, 0.5) is 0 Å². The molecule has 1 heterocycles. The molecule has 2 rings (SSSR count).